The highest BCUT2D eigenvalue weighted by molar-refractivity contribution is 5.96. The number of ether oxygens (including phenoxy) is 3. The highest BCUT2D eigenvalue weighted by atomic mass is 16.7. The topological polar surface area (TPSA) is 61.8 Å². The normalized spacial score (nSPS) is 18.6. The Bertz CT molecular complexity index is 905. The number of hydrogen-bond donors (Lipinski definition) is 0. The molecule has 0 unspecified atom stereocenters. The van der Waals surface area contributed by atoms with Gasteiger partial charge in [0, 0.05) is 6.42 Å². The lowest BCUT2D eigenvalue weighted by atomic mass is 9.80. The molecule has 2 atom stereocenters. The SMILES string of the molecule is COC(=O)[C@H]1C[C@@H](OC(c2ccccc2)(c2ccccc2)c2ccccc2)OC1=O. The monoisotopic (exact) mass is 402 g/mol. The summed E-state index contributed by atoms with van der Waals surface area (Å²) in [6.07, 6.45) is -0.804. The van der Waals surface area contributed by atoms with Crippen LogP contribution in [-0.2, 0) is 29.4 Å². The van der Waals surface area contributed by atoms with Gasteiger partial charge in [-0.05, 0) is 16.7 Å². The quantitative estimate of drug-likeness (QED) is 0.354. The molecule has 0 saturated carbocycles. The first kappa shape index (κ1) is 19.9. The molecule has 1 aliphatic heterocycles. The van der Waals surface area contributed by atoms with Crippen LogP contribution in [0.5, 0.6) is 0 Å². The number of hydrogen-bond acceptors (Lipinski definition) is 5. The van der Waals surface area contributed by atoms with Crippen LogP contribution in [-0.4, -0.2) is 25.3 Å². The molecule has 1 saturated heterocycles. The summed E-state index contributed by atoms with van der Waals surface area (Å²) in [4.78, 5) is 24.2. The number of benzene rings is 3. The molecule has 0 amide bonds. The first-order chi connectivity index (χ1) is 14.6. The fourth-order valence-electron chi connectivity index (χ4n) is 3.88. The Kier molecular flexibility index (Phi) is 5.63. The van der Waals surface area contributed by atoms with Crippen molar-refractivity contribution >= 4 is 11.9 Å². The maximum Gasteiger partial charge on any atom is 0.322 e. The van der Waals surface area contributed by atoms with Gasteiger partial charge in [0.05, 0.1) is 7.11 Å². The molecular formula is C25H22O5. The van der Waals surface area contributed by atoms with E-state index >= 15 is 0 Å². The van der Waals surface area contributed by atoms with Gasteiger partial charge in [0.15, 0.2) is 5.92 Å². The van der Waals surface area contributed by atoms with Gasteiger partial charge in [0.1, 0.15) is 5.60 Å². The highest BCUT2D eigenvalue weighted by Gasteiger charge is 2.47. The van der Waals surface area contributed by atoms with E-state index in [1.54, 1.807) is 0 Å². The summed E-state index contributed by atoms with van der Waals surface area (Å²) in [6.45, 7) is 0. The predicted octanol–water partition coefficient (Wildman–Crippen LogP) is 4.06. The first-order valence-corrected chi connectivity index (χ1v) is 9.78. The Hall–Kier alpha value is -3.44. The third-order valence-corrected chi connectivity index (χ3v) is 5.30. The van der Waals surface area contributed by atoms with Gasteiger partial charge < -0.3 is 14.2 Å². The second kappa shape index (κ2) is 8.51. The van der Waals surface area contributed by atoms with E-state index in [1.165, 1.54) is 7.11 Å². The van der Waals surface area contributed by atoms with E-state index in [2.05, 4.69) is 0 Å². The van der Waals surface area contributed by atoms with Crippen LogP contribution in [0.2, 0.25) is 0 Å². The molecule has 0 spiro atoms. The molecule has 0 bridgehead atoms. The third-order valence-electron chi connectivity index (χ3n) is 5.30. The van der Waals surface area contributed by atoms with Gasteiger partial charge >= 0.3 is 11.9 Å². The molecule has 1 fully saturated rings. The summed E-state index contributed by atoms with van der Waals surface area (Å²) < 4.78 is 16.8. The summed E-state index contributed by atoms with van der Waals surface area (Å²) >= 11 is 0. The molecular weight excluding hydrogens is 380 g/mol. The third kappa shape index (κ3) is 3.60. The van der Waals surface area contributed by atoms with Gasteiger partial charge in [0.2, 0.25) is 6.29 Å². The Morgan fingerprint density at radius 1 is 0.833 bits per heavy atom. The zero-order valence-corrected chi connectivity index (χ0v) is 16.6. The Morgan fingerprint density at radius 2 is 1.27 bits per heavy atom. The molecule has 5 nitrogen and oxygen atoms in total. The molecule has 1 aliphatic rings. The number of methoxy groups -OCH3 is 1. The van der Waals surface area contributed by atoms with E-state index in [0.717, 1.165) is 16.7 Å². The van der Waals surface area contributed by atoms with Gasteiger partial charge in [0.25, 0.3) is 0 Å². The lowest BCUT2D eigenvalue weighted by Gasteiger charge is -2.37. The van der Waals surface area contributed by atoms with Crippen molar-refractivity contribution in [3.63, 3.8) is 0 Å². The van der Waals surface area contributed by atoms with Crippen LogP contribution in [0, 0.1) is 5.92 Å². The molecule has 30 heavy (non-hydrogen) atoms. The first-order valence-electron chi connectivity index (χ1n) is 9.78. The van der Waals surface area contributed by atoms with Gasteiger partial charge in [-0.1, -0.05) is 91.0 Å². The molecule has 1 heterocycles. The van der Waals surface area contributed by atoms with Crippen LogP contribution in [0.15, 0.2) is 91.0 Å². The summed E-state index contributed by atoms with van der Waals surface area (Å²) in [6, 6.07) is 29.3. The Labute approximate surface area is 175 Å². The maximum atomic E-state index is 12.3. The second-order valence-corrected chi connectivity index (χ2v) is 7.08. The standard InChI is InChI=1S/C25H22O5/c1-28-23(26)21-17-22(29-24(21)27)30-25(18-11-5-2-6-12-18,19-13-7-3-8-14-19)20-15-9-4-10-16-20/h2-16,21-22H,17H2,1H3/t21-,22-/m1/s1. The summed E-state index contributed by atoms with van der Waals surface area (Å²) in [7, 11) is 1.26. The molecule has 4 rings (SSSR count). The van der Waals surface area contributed by atoms with Gasteiger partial charge in [-0.25, -0.2) is 0 Å². The van der Waals surface area contributed by atoms with Crippen molar-refractivity contribution in [2.24, 2.45) is 5.92 Å². The van der Waals surface area contributed by atoms with E-state index in [-0.39, 0.29) is 6.42 Å². The Balaban J connectivity index is 1.84. The van der Waals surface area contributed by atoms with Gasteiger partial charge in [-0.2, -0.15) is 0 Å². The van der Waals surface area contributed by atoms with Crippen molar-refractivity contribution in [2.45, 2.75) is 18.3 Å². The lowest BCUT2D eigenvalue weighted by Crippen LogP contribution is -2.37. The Morgan fingerprint density at radius 3 is 1.67 bits per heavy atom. The zero-order valence-electron chi connectivity index (χ0n) is 16.6. The fraction of sp³-hybridized carbons (Fsp3) is 0.200. The number of cyclic esters (lactones) is 1. The van der Waals surface area contributed by atoms with Gasteiger partial charge in [-0.15, -0.1) is 0 Å². The summed E-state index contributed by atoms with van der Waals surface area (Å²) in [5, 5.41) is 0. The van der Waals surface area contributed by atoms with Crippen molar-refractivity contribution in [2.75, 3.05) is 7.11 Å². The largest absolute Gasteiger partial charge is 0.468 e. The number of esters is 2. The number of rotatable bonds is 6. The van der Waals surface area contributed by atoms with Crippen molar-refractivity contribution in [3.8, 4) is 0 Å². The average Bonchev–Trinajstić information content (AvgIpc) is 3.18. The number of carbonyl (C=O) groups is 2. The zero-order chi connectivity index (χ0) is 21.0. The molecule has 0 aromatic heterocycles. The smallest absolute Gasteiger partial charge is 0.322 e. The van der Waals surface area contributed by atoms with Crippen molar-refractivity contribution < 1.29 is 23.8 Å². The van der Waals surface area contributed by atoms with Gasteiger partial charge in [-0.3, -0.25) is 9.59 Å². The molecule has 152 valence electrons. The maximum absolute atomic E-state index is 12.3. The molecule has 0 N–H and O–H groups in total. The number of carbonyl (C=O) groups excluding carboxylic acids is 2. The molecule has 0 aliphatic carbocycles. The van der Waals surface area contributed by atoms with E-state index in [1.807, 2.05) is 91.0 Å². The molecule has 3 aromatic carbocycles. The van der Waals surface area contributed by atoms with E-state index in [4.69, 9.17) is 14.2 Å². The molecule has 5 heteroatoms. The lowest BCUT2D eigenvalue weighted by molar-refractivity contribution is -0.182. The van der Waals surface area contributed by atoms with Crippen LogP contribution in [0.1, 0.15) is 23.1 Å². The van der Waals surface area contributed by atoms with Crippen molar-refractivity contribution in [3.05, 3.63) is 108 Å². The van der Waals surface area contributed by atoms with Crippen LogP contribution >= 0.6 is 0 Å². The fourth-order valence-corrected chi connectivity index (χ4v) is 3.88. The average molecular weight is 402 g/mol. The van der Waals surface area contributed by atoms with E-state index < -0.39 is 29.7 Å². The molecule has 0 radical (unpaired) electrons. The molecule has 3 aromatic rings. The minimum atomic E-state index is -1.03. The summed E-state index contributed by atoms with van der Waals surface area (Å²) in [5.41, 5.74) is 1.64. The van der Waals surface area contributed by atoms with Crippen LogP contribution < -0.4 is 0 Å². The van der Waals surface area contributed by atoms with Crippen LogP contribution in [0.4, 0.5) is 0 Å². The van der Waals surface area contributed by atoms with Crippen molar-refractivity contribution in [1.29, 1.82) is 0 Å². The minimum absolute atomic E-state index is 0.0970. The second-order valence-electron chi connectivity index (χ2n) is 7.08. The van der Waals surface area contributed by atoms with Crippen molar-refractivity contribution in [1.82, 2.24) is 0 Å². The van der Waals surface area contributed by atoms with Crippen LogP contribution in [0.3, 0.4) is 0 Å². The predicted molar refractivity (Wildman–Crippen MR) is 110 cm³/mol. The summed E-state index contributed by atoms with van der Waals surface area (Å²) in [5.74, 6) is -2.23. The minimum Gasteiger partial charge on any atom is -0.468 e. The van der Waals surface area contributed by atoms with Crippen LogP contribution in [0.25, 0.3) is 0 Å². The highest BCUT2D eigenvalue weighted by Crippen LogP contribution is 2.43. The van der Waals surface area contributed by atoms with E-state index in [9.17, 15) is 9.59 Å². The van der Waals surface area contributed by atoms with E-state index in [0.29, 0.717) is 0 Å².